The molecule has 0 unspecified atom stereocenters. The summed E-state index contributed by atoms with van der Waals surface area (Å²) in [4.78, 5) is 26.2. The molecule has 0 spiro atoms. The van der Waals surface area contributed by atoms with Gasteiger partial charge >= 0.3 is 6.09 Å². The highest BCUT2D eigenvalue weighted by atomic mass is 35.5. The molecule has 0 radical (unpaired) electrons. The molecule has 6 nitrogen and oxygen atoms in total. The number of nitrogens with zero attached hydrogens (tertiary/aromatic N) is 3. The van der Waals surface area contributed by atoms with Gasteiger partial charge in [-0.25, -0.2) is 9.78 Å². The third-order valence-corrected chi connectivity index (χ3v) is 2.97. The van der Waals surface area contributed by atoms with Crippen LogP contribution in [-0.2, 0) is 4.84 Å². The summed E-state index contributed by atoms with van der Waals surface area (Å²) in [5.74, 6) is 0.403. The molecule has 1 aromatic heterocycles. The molecule has 0 bridgehead atoms. The van der Waals surface area contributed by atoms with Crippen LogP contribution in [0.4, 0.5) is 10.6 Å². The summed E-state index contributed by atoms with van der Waals surface area (Å²) in [6.07, 6.45) is 4.38. The predicted octanol–water partition coefficient (Wildman–Crippen LogP) is 2.39. The van der Waals surface area contributed by atoms with Gasteiger partial charge in [0.05, 0.1) is 0 Å². The van der Waals surface area contributed by atoms with Crippen molar-refractivity contribution in [3.05, 3.63) is 17.0 Å². The van der Waals surface area contributed by atoms with Gasteiger partial charge in [-0.15, -0.1) is 0 Å². The van der Waals surface area contributed by atoms with Crippen molar-refractivity contribution in [2.24, 2.45) is 0 Å². The first kappa shape index (κ1) is 12.9. The van der Waals surface area contributed by atoms with Crippen molar-refractivity contribution in [1.82, 2.24) is 14.9 Å². The van der Waals surface area contributed by atoms with E-state index in [1.807, 2.05) is 0 Å². The average Bonchev–Trinajstić information content (AvgIpc) is 2.40. The second-order valence-electron chi connectivity index (χ2n) is 4.19. The topological polar surface area (TPSA) is 67.4 Å². The van der Waals surface area contributed by atoms with Gasteiger partial charge < -0.3 is 9.74 Å². The van der Waals surface area contributed by atoms with Crippen molar-refractivity contribution in [3.8, 4) is 0 Å². The number of carbonyl (C=O) groups excluding carboxylic acids is 1. The van der Waals surface area contributed by atoms with Crippen molar-refractivity contribution in [3.63, 3.8) is 0 Å². The van der Waals surface area contributed by atoms with E-state index in [-0.39, 0.29) is 11.4 Å². The highest BCUT2D eigenvalue weighted by Gasteiger charge is 2.18. The molecule has 18 heavy (non-hydrogen) atoms. The van der Waals surface area contributed by atoms with Gasteiger partial charge in [0, 0.05) is 24.8 Å². The third-order valence-electron chi connectivity index (χ3n) is 2.79. The lowest BCUT2D eigenvalue weighted by molar-refractivity contribution is 0.114. The van der Waals surface area contributed by atoms with E-state index in [2.05, 4.69) is 15.4 Å². The Balaban J connectivity index is 1.90. The minimum atomic E-state index is -0.385. The Kier molecular flexibility index (Phi) is 4.19. The van der Waals surface area contributed by atoms with E-state index in [0.717, 1.165) is 37.9 Å². The largest absolute Gasteiger partial charge is 0.434 e. The van der Waals surface area contributed by atoms with Crippen LogP contribution in [0.15, 0.2) is 6.20 Å². The lowest BCUT2D eigenvalue weighted by Gasteiger charge is -2.25. The molecule has 0 aromatic carbocycles. The van der Waals surface area contributed by atoms with E-state index < -0.39 is 0 Å². The summed E-state index contributed by atoms with van der Waals surface area (Å²) < 4.78 is 0. The quantitative estimate of drug-likeness (QED) is 0.660. The zero-order valence-corrected chi connectivity index (χ0v) is 10.9. The summed E-state index contributed by atoms with van der Waals surface area (Å²) in [5.41, 5.74) is 3.28. The molecule has 1 saturated heterocycles. The molecule has 98 valence electrons. The Morgan fingerprint density at radius 3 is 2.89 bits per heavy atom. The number of amides is 1. The van der Waals surface area contributed by atoms with E-state index >= 15 is 0 Å². The van der Waals surface area contributed by atoms with Crippen molar-refractivity contribution in [2.75, 3.05) is 18.6 Å². The Labute approximate surface area is 110 Å². The summed E-state index contributed by atoms with van der Waals surface area (Å²) >= 11 is 5.67. The number of nitrogens with one attached hydrogen (secondary N) is 1. The Bertz CT molecular complexity index is 435. The fourth-order valence-electron chi connectivity index (χ4n) is 1.76. The summed E-state index contributed by atoms with van der Waals surface area (Å²) in [6, 6.07) is 0. The molecule has 2 heterocycles. The minimum absolute atomic E-state index is 0.108. The number of likely N-dealkylation sites (tertiary alicyclic amines) is 1. The lowest BCUT2D eigenvalue weighted by Crippen LogP contribution is -2.37. The first-order valence-electron chi connectivity index (χ1n) is 5.88. The number of anilines is 1. The summed E-state index contributed by atoms with van der Waals surface area (Å²) in [6.45, 7) is 3.28. The Morgan fingerprint density at radius 1 is 1.44 bits per heavy atom. The maximum Gasteiger partial charge on any atom is 0.434 e. The third kappa shape index (κ3) is 3.22. The van der Waals surface area contributed by atoms with Gasteiger partial charge in [-0.2, -0.15) is 10.5 Å². The smallest absolute Gasteiger partial charge is 0.323 e. The van der Waals surface area contributed by atoms with E-state index in [4.69, 9.17) is 16.4 Å². The molecule has 2 rings (SSSR count). The maximum atomic E-state index is 11.7. The van der Waals surface area contributed by atoms with Crippen molar-refractivity contribution < 1.29 is 9.63 Å². The number of hydrogen-bond donors (Lipinski definition) is 1. The second kappa shape index (κ2) is 5.86. The fraction of sp³-hybridized carbons (Fsp3) is 0.545. The monoisotopic (exact) mass is 270 g/mol. The summed E-state index contributed by atoms with van der Waals surface area (Å²) in [7, 11) is 0. The number of aromatic nitrogens is 2. The van der Waals surface area contributed by atoms with Crippen LogP contribution in [-0.4, -0.2) is 34.1 Å². The molecule has 7 heteroatoms. The SMILES string of the molecule is Cc1cnc(Cl)nc1NOC(=O)N1CCCCC1. The van der Waals surface area contributed by atoms with Gasteiger partial charge in [0.1, 0.15) is 0 Å². The van der Waals surface area contributed by atoms with Gasteiger partial charge in [-0.05, 0) is 37.8 Å². The fourth-order valence-corrected chi connectivity index (χ4v) is 1.89. The molecule has 1 aromatic rings. The maximum absolute atomic E-state index is 11.7. The molecule has 1 aliphatic heterocycles. The molecule has 1 aliphatic rings. The van der Waals surface area contributed by atoms with Gasteiger partial charge in [-0.1, -0.05) is 0 Å². The highest BCUT2D eigenvalue weighted by Crippen LogP contribution is 2.14. The number of hydrogen-bond acceptors (Lipinski definition) is 5. The van der Waals surface area contributed by atoms with Gasteiger partial charge in [0.15, 0.2) is 5.82 Å². The van der Waals surface area contributed by atoms with E-state index in [0.29, 0.717) is 5.82 Å². The molecule has 0 saturated carbocycles. The zero-order valence-electron chi connectivity index (χ0n) is 10.1. The van der Waals surface area contributed by atoms with Crippen molar-refractivity contribution in [1.29, 1.82) is 0 Å². The first-order chi connectivity index (χ1) is 8.66. The first-order valence-corrected chi connectivity index (χ1v) is 6.25. The van der Waals surface area contributed by atoms with Crippen molar-refractivity contribution in [2.45, 2.75) is 26.2 Å². The standard InChI is InChI=1S/C11H15ClN4O2/c1-8-7-13-10(12)14-9(8)15-18-11(17)16-5-3-2-4-6-16/h7H,2-6H2,1H3,(H,13,14,15). The highest BCUT2D eigenvalue weighted by molar-refractivity contribution is 6.28. The molecular weight excluding hydrogens is 256 g/mol. The zero-order chi connectivity index (χ0) is 13.0. The van der Waals surface area contributed by atoms with Crippen molar-refractivity contribution >= 4 is 23.5 Å². The van der Waals surface area contributed by atoms with Crippen LogP contribution in [0.5, 0.6) is 0 Å². The van der Waals surface area contributed by atoms with Gasteiger partial charge in [0.25, 0.3) is 0 Å². The molecule has 0 aliphatic carbocycles. The molecule has 1 N–H and O–H groups in total. The van der Waals surface area contributed by atoms with Crippen LogP contribution in [0.3, 0.4) is 0 Å². The van der Waals surface area contributed by atoms with Crippen LogP contribution < -0.4 is 5.48 Å². The van der Waals surface area contributed by atoms with Gasteiger partial charge in [-0.3, -0.25) is 0 Å². The number of aryl methyl sites for hydroxylation is 1. The average molecular weight is 271 g/mol. The Hall–Kier alpha value is -1.56. The number of rotatable bonds is 2. The normalized spacial score (nSPS) is 15.3. The van der Waals surface area contributed by atoms with Crippen LogP contribution in [0.1, 0.15) is 24.8 Å². The van der Waals surface area contributed by atoms with Gasteiger partial charge in [0.2, 0.25) is 5.28 Å². The summed E-state index contributed by atoms with van der Waals surface area (Å²) in [5, 5.41) is 0.108. The predicted molar refractivity (Wildman–Crippen MR) is 67.3 cm³/mol. The van der Waals surface area contributed by atoms with E-state index in [1.54, 1.807) is 18.0 Å². The molecule has 1 fully saturated rings. The Morgan fingerprint density at radius 2 is 2.17 bits per heavy atom. The lowest BCUT2D eigenvalue weighted by atomic mass is 10.1. The number of carbonyl (C=O) groups is 1. The van der Waals surface area contributed by atoms with Crippen LogP contribution in [0, 0.1) is 6.92 Å². The molecule has 1 amide bonds. The van der Waals surface area contributed by atoms with E-state index in [9.17, 15) is 4.79 Å². The molecule has 0 atom stereocenters. The van der Waals surface area contributed by atoms with E-state index in [1.165, 1.54) is 0 Å². The minimum Gasteiger partial charge on any atom is -0.323 e. The van der Waals surface area contributed by atoms with Crippen LogP contribution >= 0.6 is 11.6 Å². The number of piperidine rings is 1. The number of halogens is 1. The second-order valence-corrected chi connectivity index (χ2v) is 4.53. The van der Waals surface area contributed by atoms with Crippen LogP contribution in [0.2, 0.25) is 5.28 Å². The van der Waals surface area contributed by atoms with Crippen LogP contribution in [0.25, 0.3) is 0 Å². The molecular formula is C11H15ClN4O2.